The van der Waals surface area contributed by atoms with Crippen LogP contribution in [0, 0.1) is 5.82 Å². The van der Waals surface area contributed by atoms with Crippen LogP contribution in [-0.2, 0) is 10.0 Å². The molecule has 1 fully saturated rings. The summed E-state index contributed by atoms with van der Waals surface area (Å²) in [5.41, 5.74) is 0.296. The predicted octanol–water partition coefficient (Wildman–Crippen LogP) is 1.67. The van der Waals surface area contributed by atoms with Gasteiger partial charge in [-0.15, -0.1) is 5.10 Å². The number of sulfonamides is 1. The van der Waals surface area contributed by atoms with Crippen LogP contribution in [0.25, 0.3) is 16.9 Å². The van der Waals surface area contributed by atoms with E-state index in [-0.39, 0.29) is 41.5 Å². The van der Waals surface area contributed by atoms with Crippen molar-refractivity contribution in [2.45, 2.75) is 25.0 Å². The lowest BCUT2D eigenvalue weighted by Crippen LogP contribution is -2.51. The van der Waals surface area contributed by atoms with E-state index in [0.29, 0.717) is 6.42 Å². The number of fused-ring (bicyclic) bond motifs is 1. The maximum atomic E-state index is 14.3. The molecule has 9 nitrogen and oxygen atoms in total. The number of halogens is 3. The normalized spacial score (nSPS) is 20.5. The zero-order valence-corrected chi connectivity index (χ0v) is 17.1. The fraction of sp³-hybridized carbons (Fsp3) is 0.389. The minimum atomic E-state index is -3.41. The Kier molecular flexibility index (Phi) is 5.58. The highest BCUT2D eigenvalue weighted by atomic mass is 32.2. The van der Waals surface area contributed by atoms with Gasteiger partial charge in [-0.25, -0.2) is 31.1 Å². The number of rotatable bonds is 5. The molecule has 0 amide bonds. The summed E-state index contributed by atoms with van der Waals surface area (Å²) in [6, 6.07) is 3.22. The monoisotopic (exact) mass is 456 g/mol. The van der Waals surface area contributed by atoms with Gasteiger partial charge in [-0.3, -0.25) is 4.98 Å². The second-order valence-corrected chi connectivity index (χ2v) is 9.24. The van der Waals surface area contributed by atoms with Crippen molar-refractivity contribution in [3.63, 3.8) is 0 Å². The lowest BCUT2D eigenvalue weighted by atomic mass is 10.0. The molecule has 0 spiro atoms. The summed E-state index contributed by atoms with van der Waals surface area (Å²) in [4.78, 5) is 8.03. The average Bonchev–Trinajstić information content (AvgIpc) is 3.05. The maximum Gasteiger partial charge on any atom is 0.265 e. The molecule has 4 rings (SSSR count). The van der Waals surface area contributed by atoms with Crippen LogP contribution >= 0.6 is 0 Å². The van der Waals surface area contributed by atoms with Crippen LogP contribution in [0.1, 0.15) is 18.4 Å². The van der Waals surface area contributed by atoms with Gasteiger partial charge >= 0.3 is 0 Å². The minimum absolute atomic E-state index is 0.0627. The number of nitrogens with zero attached hydrogens (tertiary/aromatic N) is 5. The number of aliphatic hydroxyl groups is 1. The molecule has 2 atom stereocenters. The van der Waals surface area contributed by atoms with Crippen molar-refractivity contribution in [2.75, 3.05) is 24.7 Å². The molecule has 31 heavy (non-hydrogen) atoms. The van der Waals surface area contributed by atoms with Crippen LogP contribution in [0.15, 0.2) is 30.6 Å². The van der Waals surface area contributed by atoms with Gasteiger partial charge in [-0.05, 0) is 18.6 Å². The molecule has 0 aliphatic carbocycles. The number of alkyl halides is 2. The molecule has 2 N–H and O–H groups in total. The molecule has 0 unspecified atom stereocenters. The molecule has 1 saturated heterocycles. The Morgan fingerprint density at radius 2 is 2.03 bits per heavy atom. The molecule has 0 bridgehead atoms. The smallest absolute Gasteiger partial charge is 0.265 e. The van der Waals surface area contributed by atoms with E-state index in [2.05, 4.69) is 20.4 Å². The van der Waals surface area contributed by atoms with Crippen molar-refractivity contribution in [1.82, 2.24) is 23.9 Å². The van der Waals surface area contributed by atoms with E-state index in [9.17, 15) is 26.7 Å². The van der Waals surface area contributed by atoms with Gasteiger partial charge in [0.15, 0.2) is 5.82 Å². The zero-order chi connectivity index (χ0) is 22.3. The number of nitrogens with one attached hydrogen (secondary N) is 1. The van der Waals surface area contributed by atoms with Gasteiger partial charge in [-0.2, -0.15) is 4.31 Å². The third-order valence-electron chi connectivity index (χ3n) is 5.10. The van der Waals surface area contributed by atoms with Gasteiger partial charge in [0.25, 0.3) is 6.43 Å². The minimum Gasteiger partial charge on any atom is -0.390 e. The van der Waals surface area contributed by atoms with Crippen molar-refractivity contribution >= 4 is 21.5 Å². The van der Waals surface area contributed by atoms with E-state index in [0.717, 1.165) is 12.5 Å². The summed E-state index contributed by atoms with van der Waals surface area (Å²) >= 11 is 0. The second kappa shape index (κ2) is 8.05. The van der Waals surface area contributed by atoms with Crippen molar-refractivity contribution in [1.29, 1.82) is 0 Å². The van der Waals surface area contributed by atoms with Gasteiger partial charge in [0.1, 0.15) is 5.52 Å². The highest BCUT2D eigenvalue weighted by molar-refractivity contribution is 7.88. The molecule has 0 aromatic carbocycles. The van der Waals surface area contributed by atoms with Gasteiger partial charge < -0.3 is 10.4 Å². The quantitative estimate of drug-likeness (QED) is 0.601. The molecule has 166 valence electrons. The first kappa shape index (κ1) is 21.5. The summed E-state index contributed by atoms with van der Waals surface area (Å²) < 4.78 is 65.6. The first-order valence-electron chi connectivity index (χ1n) is 9.32. The van der Waals surface area contributed by atoms with E-state index < -0.39 is 34.4 Å². The fourth-order valence-electron chi connectivity index (χ4n) is 3.43. The summed E-state index contributed by atoms with van der Waals surface area (Å²) in [5, 5.41) is 17.5. The number of hydrogen-bond acceptors (Lipinski definition) is 7. The molecule has 0 saturated carbocycles. The number of β-amino-alcohol motifs (C(OH)–C–C–N with tert-alkyl or cyclic N) is 1. The Hall–Kier alpha value is -2.77. The molecule has 1 aliphatic heterocycles. The molecule has 1 aliphatic rings. The van der Waals surface area contributed by atoms with Crippen LogP contribution < -0.4 is 5.32 Å². The Morgan fingerprint density at radius 3 is 2.65 bits per heavy atom. The number of pyridine rings is 1. The molecule has 0 radical (unpaired) electrons. The number of anilines is 1. The lowest BCUT2D eigenvalue weighted by molar-refractivity contribution is 0.0950. The fourth-order valence-corrected chi connectivity index (χ4v) is 4.29. The van der Waals surface area contributed by atoms with E-state index >= 15 is 0 Å². The van der Waals surface area contributed by atoms with Crippen molar-refractivity contribution in [3.05, 3.63) is 42.0 Å². The van der Waals surface area contributed by atoms with Crippen LogP contribution in [0.4, 0.5) is 19.1 Å². The summed E-state index contributed by atoms with van der Waals surface area (Å²) in [6.07, 6.45) is 0.00459. The van der Waals surface area contributed by atoms with Crippen LogP contribution in [0.5, 0.6) is 0 Å². The largest absolute Gasteiger partial charge is 0.390 e. The Labute approximate surface area is 175 Å². The third-order valence-corrected chi connectivity index (χ3v) is 6.37. The molecular weight excluding hydrogens is 437 g/mol. The summed E-state index contributed by atoms with van der Waals surface area (Å²) in [6.45, 7) is 0.155. The first-order chi connectivity index (χ1) is 14.6. The third kappa shape index (κ3) is 4.34. The highest BCUT2D eigenvalue weighted by Gasteiger charge is 2.32. The van der Waals surface area contributed by atoms with Crippen LogP contribution in [0.3, 0.4) is 0 Å². The van der Waals surface area contributed by atoms with Crippen molar-refractivity contribution < 1.29 is 26.7 Å². The van der Waals surface area contributed by atoms with Crippen molar-refractivity contribution in [2.24, 2.45) is 0 Å². The molecule has 3 aromatic heterocycles. The molecule has 13 heteroatoms. The highest BCUT2D eigenvalue weighted by Crippen LogP contribution is 2.26. The van der Waals surface area contributed by atoms with E-state index in [1.165, 1.54) is 33.2 Å². The standard InChI is InChI=1S/C18H19F3N6O3S/c1-31(29,30)26-5-4-13(16(28)9-26)24-18-23-8-15-11(19)6-14(27(15)25-18)12-3-2-10(7-22-12)17(20)21/h2-3,6-8,13,16-17,28H,4-5,9H2,1H3,(H,24,25)/t13-,16-/m1/s1. The topological polar surface area (TPSA) is 113 Å². The average molecular weight is 456 g/mol. The number of aromatic nitrogens is 4. The lowest BCUT2D eigenvalue weighted by Gasteiger charge is -2.34. The predicted molar refractivity (Wildman–Crippen MR) is 106 cm³/mol. The van der Waals surface area contributed by atoms with E-state index in [1.807, 2.05) is 0 Å². The van der Waals surface area contributed by atoms with Gasteiger partial charge in [-0.1, -0.05) is 0 Å². The molecular formula is C18H19F3N6O3S. The Morgan fingerprint density at radius 1 is 1.26 bits per heavy atom. The second-order valence-electron chi connectivity index (χ2n) is 7.26. The van der Waals surface area contributed by atoms with E-state index in [1.54, 1.807) is 0 Å². The Balaban J connectivity index is 1.60. The zero-order valence-electron chi connectivity index (χ0n) is 16.3. The van der Waals surface area contributed by atoms with Crippen molar-refractivity contribution in [3.8, 4) is 11.4 Å². The molecule has 4 heterocycles. The number of hydrogen-bond donors (Lipinski definition) is 2. The summed E-state index contributed by atoms with van der Waals surface area (Å²) in [5.74, 6) is -0.520. The number of aliphatic hydroxyl groups excluding tert-OH is 1. The SMILES string of the molecule is CS(=O)(=O)N1CC[C@@H](Nc2ncc3c(F)cc(-c4ccc(C(F)F)cn4)n3n2)[C@H](O)C1. The number of piperidine rings is 1. The first-order valence-corrected chi connectivity index (χ1v) is 11.2. The van der Waals surface area contributed by atoms with E-state index in [4.69, 9.17) is 0 Å². The Bertz CT molecular complexity index is 1200. The summed E-state index contributed by atoms with van der Waals surface area (Å²) in [7, 11) is -3.41. The maximum absolute atomic E-state index is 14.3. The van der Waals surface area contributed by atoms with Gasteiger partial charge in [0, 0.05) is 30.9 Å². The van der Waals surface area contributed by atoms with Gasteiger partial charge in [0.05, 0.1) is 36.0 Å². The van der Waals surface area contributed by atoms with Crippen LogP contribution in [0.2, 0.25) is 0 Å². The van der Waals surface area contributed by atoms with Gasteiger partial charge in [0.2, 0.25) is 16.0 Å². The molecule has 3 aromatic rings. The van der Waals surface area contributed by atoms with Crippen LogP contribution in [-0.4, -0.2) is 68.9 Å².